The second kappa shape index (κ2) is 10.3. The molecule has 0 unspecified atom stereocenters. The fourth-order valence-corrected chi connectivity index (χ4v) is 3.37. The molecule has 1 aromatic carbocycles. The van der Waals surface area contributed by atoms with Crippen LogP contribution in [0.5, 0.6) is 0 Å². The SMILES string of the molecule is CCCCCCCCCCNS(=O)(=O)c1ccc([N+](=O)[O-])cc1. The Kier molecular flexibility index (Phi) is 8.79. The number of nitro groups is 1. The Morgan fingerprint density at radius 3 is 2.00 bits per heavy atom. The van der Waals surface area contributed by atoms with E-state index in [-0.39, 0.29) is 10.6 Å². The van der Waals surface area contributed by atoms with Crippen molar-refractivity contribution in [3.63, 3.8) is 0 Å². The van der Waals surface area contributed by atoms with Gasteiger partial charge < -0.3 is 0 Å². The maximum absolute atomic E-state index is 12.0. The molecule has 1 rings (SSSR count). The smallest absolute Gasteiger partial charge is 0.258 e. The molecule has 130 valence electrons. The number of unbranched alkanes of at least 4 members (excludes halogenated alkanes) is 7. The standard InChI is InChI=1S/C16H26N2O4S/c1-2-3-4-5-6-7-8-9-14-17-23(21,22)16-12-10-15(11-13-16)18(19)20/h10-13,17H,2-9,14H2,1H3. The highest BCUT2D eigenvalue weighted by atomic mass is 32.2. The van der Waals surface area contributed by atoms with E-state index in [4.69, 9.17) is 0 Å². The summed E-state index contributed by atoms with van der Waals surface area (Å²) in [5.41, 5.74) is -0.118. The summed E-state index contributed by atoms with van der Waals surface area (Å²) in [7, 11) is -3.58. The van der Waals surface area contributed by atoms with Crippen molar-refractivity contribution in [2.75, 3.05) is 6.54 Å². The molecule has 0 aliphatic carbocycles. The van der Waals surface area contributed by atoms with E-state index in [1.807, 2.05) is 0 Å². The molecule has 6 nitrogen and oxygen atoms in total. The van der Waals surface area contributed by atoms with Crippen molar-refractivity contribution in [3.05, 3.63) is 34.4 Å². The summed E-state index contributed by atoms with van der Waals surface area (Å²) >= 11 is 0. The number of hydrogen-bond donors (Lipinski definition) is 1. The van der Waals surface area contributed by atoms with E-state index in [1.165, 1.54) is 56.4 Å². The highest BCUT2D eigenvalue weighted by Crippen LogP contribution is 2.15. The normalized spacial score (nSPS) is 11.5. The number of non-ortho nitro benzene ring substituents is 1. The van der Waals surface area contributed by atoms with Crippen LogP contribution in [0.2, 0.25) is 0 Å². The molecule has 0 saturated carbocycles. The lowest BCUT2D eigenvalue weighted by molar-refractivity contribution is -0.384. The van der Waals surface area contributed by atoms with Crippen molar-refractivity contribution in [1.82, 2.24) is 4.72 Å². The first-order chi connectivity index (χ1) is 11.0. The van der Waals surface area contributed by atoms with Crippen LogP contribution in [-0.4, -0.2) is 19.9 Å². The van der Waals surface area contributed by atoms with Crippen molar-refractivity contribution < 1.29 is 13.3 Å². The fraction of sp³-hybridized carbons (Fsp3) is 0.625. The second-order valence-electron chi connectivity index (χ2n) is 5.62. The largest absolute Gasteiger partial charge is 0.269 e. The van der Waals surface area contributed by atoms with Crippen molar-refractivity contribution in [2.24, 2.45) is 0 Å². The first-order valence-electron chi connectivity index (χ1n) is 8.21. The molecule has 0 fully saturated rings. The lowest BCUT2D eigenvalue weighted by Crippen LogP contribution is -2.24. The van der Waals surface area contributed by atoms with Crippen LogP contribution in [0.25, 0.3) is 0 Å². The average molecular weight is 342 g/mol. The zero-order valence-corrected chi connectivity index (χ0v) is 14.5. The van der Waals surface area contributed by atoms with Gasteiger partial charge in [0.2, 0.25) is 10.0 Å². The van der Waals surface area contributed by atoms with Crippen molar-refractivity contribution in [1.29, 1.82) is 0 Å². The molecule has 0 saturated heterocycles. The molecule has 1 aromatic rings. The lowest BCUT2D eigenvalue weighted by atomic mass is 10.1. The van der Waals surface area contributed by atoms with E-state index in [0.717, 1.165) is 19.3 Å². The van der Waals surface area contributed by atoms with Crippen LogP contribution < -0.4 is 4.72 Å². The van der Waals surface area contributed by atoms with Gasteiger partial charge in [-0.05, 0) is 18.6 Å². The van der Waals surface area contributed by atoms with Crippen molar-refractivity contribution in [2.45, 2.75) is 63.2 Å². The summed E-state index contributed by atoms with van der Waals surface area (Å²) in [5, 5.41) is 10.6. The molecule has 0 radical (unpaired) electrons. The summed E-state index contributed by atoms with van der Waals surface area (Å²) in [6, 6.07) is 4.91. The van der Waals surface area contributed by atoms with Gasteiger partial charge in [0.25, 0.3) is 5.69 Å². The molecule has 1 N–H and O–H groups in total. The molecule has 23 heavy (non-hydrogen) atoms. The van der Waals surface area contributed by atoms with E-state index in [1.54, 1.807) is 0 Å². The monoisotopic (exact) mass is 342 g/mol. The van der Waals surface area contributed by atoms with Gasteiger partial charge in [-0.2, -0.15) is 0 Å². The number of nitro benzene ring substituents is 1. The van der Waals surface area contributed by atoms with Crippen LogP contribution >= 0.6 is 0 Å². The second-order valence-corrected chi connectivity index (χ2v) is 7.39. The molecular formula is C16H26N2O4S. The molecular weight excluding hydrogens is 316 g/mol. The highest BCUT2D eigenvalue weighted by molar-refractivity contribution is 7.89. The third-order valence-electron chi connectivity index (χ3n) is 3.68. The Morgan fingerprint density at radius 1 is 0.957 bits per heavy atom. The zero-order chi connectivity index (χ0) is 17.1. The maximum Gasteiger partial charge on any atom is 0.269 e. The van der Waals surface area contributed by atoms with Crippen LogP contribution in [0.3, 0.4) is 0 Å². The molecule has 0 aromatic heterocycles. The van der Waals surface area contributed by atoms with E-state index in [2.05, 4.69) is 11.6 Å². The quantitative estimate of drug-likeness (QED) is 0.353. The zero-order valence-electron chi connectivity index (χ0n) is 13.7. The number of benzene rings is 1. The van der Waals surface area contributed by atoms with Gasteiger partial charge in [-0.15, -0.1) is 0 Å². The molecule has 0 bridgehead atoms. The third-order valence-corrected chi connectivity index (χ3v) is 5.16. The minimum absolute atomic E-state index is 0.0580. The summed E-state index contributed by atoms with van der Waals surface area (Å²) < 4.78 is 26.6. The Hall–Kier alpha value is -1.47. The van der Waals surface area contributed by atoms with Gasteiger partial charge in [0.1, 0.15) is 0 Å². The van der Waals surface area contributed by atoms with E-state index < -0.39 is 14.9 Å². The molecule has 0 aliphatic rings. The molecule has 0 aliphatic heterocycles. The molecule has 0 amide bonds. The topological polar surface area (TPSA) is 89.3 Å². The first kappa shape index (κ1) is 19.6. The maximum atomic E-state index is 12.0. The summed E-state index contributed by atoms with van der Waals surface area (Å²) in [6.45, 7) is 2.59. The summed E-state index contributed by atoms with van der Waals surface area (Å²) in [6.07, 6.45) is 9.21. The Balaban J connectivity index is 2.26. The van der Waals surface area contributed by atoms with Gasteiger partial charge in [0, 0.05) is 18.7 Å². The lowest BCUT2D eigenvalue weighted by Gasteiger charge is -2.06. The minimum Gasteiger partial charge on any atom is -0.258 e. The van der Waals surface area contributed by atoms with E-state index in [0.29, 0.717) is 6.54 Å². The summed E-state index contributed by atoms with van der Waals surface area (Å²) in [4.78, 5) is 10.1. The van der Waals surface area contributed by atoms with Crippen LogP contribution in [-0.2, 0) is 10.0 Å². The molecule has 7 heteroatoms. The number of nitrogens with zero attached hydrogens (tertiary/aromatic N) is 1. The van der Waals surface area contributed by atoms with Crippen LogP contribution in [0, 0.1) is 10.1 Å². The van der Waals surface area contributed by atoms with Gasteiger partial charge in [-0.25, -0.2) is 13.1 Å². The van der Waals surface area contributed by atoms with Crippen LogP contribution in [0.15, 0.2) is 29.2 Å². The number of hydrogen-bond acceptors (Lipinski definition) is 4. The summed E-state index contributed by atoms with van der Waals surface area (Å²) in [5.74, 6) is 0. The van der Waals surface area contributed by atoms with Gasteiger partial charge in [-0.1, -0.05) is 51.9 Å². The molecule has 0 heterocycles. The number of rotatable bonds is 12. The van der Waals surface area contributed by atoms with Crippen molar-refractivity contribution in [3.8, 4) is 0 Å². The highest BCUT2D eigenvalue weighted by Gasteiger charge is 2.14. The van der Waals surface area contributed by atoms with Gasteiger partial charge in [0.15, 0.2) is 0 Å². The van der Waals surface area contributed by atoms with Crippen LogP contribution in [0.4, 0.5) is 5.69 Å². The number of nitrogens with one attached hydrogen (secondary N) is 1. The van der Waals surface area contributed by atoms with Gasteiger partial charge in [0.05, 0.1) is 9.82 Å². The Morgan fingerprint density at radius 2 is 1.48 bits per heavy atom. The van der Waals surface area contributed by atoms with Gasteiger partial charge >= 0.3 is 0 Å². The fourth-order valence-electron chi connectivity index (χ4n) is 2.30. The molecule has 0 atom stereocenters. The van der Waals surface area contributed by atoms with E-state index >= 15 is 0 Å². The van der Waals surface area contributed by atoms with Crippen LogP contribution in [0.1, 0.15) is 58.3 Å². The Labute approximate surface area is 138 Å². The van der Waals surface area contributed by atoms with Crippen molar-refractivity contribution >= 4 is 15.7 Å². The Bertz CT molecular complexity index is 570. The van der Waals surface area contributed by atoms with E-state index in [9.17, 15) is 18.5 Å². The predicted octanol–water partition coefficient (Wildman–Crippen LogP) is 4.01. The third kappa shape index (κ3) is 7.56. The van der Waals surface area contributed by atoms with Gasteiger partial charge in [-0.3, -0.25) is 10.1 Å². The number of sulfonamides is 1. The minimum atomic E-state index is -3.58. The predicted molar refractivity (Wildman–Crippen MR) is 90.9 cm³/mol. The first-order valence-corrected chi connectivity index (χ1v) is 9.70. The molecule has 0 spiro atoms. The average Bonchev–Trinajstić information content (AvgIpc) is 2.53.